The Morgan fingerprint density at radius 2 is 1.83 bits per heavy atom. The zero-order valence-corrected chi connectivity index (χ0v) is 13.7. The van der Waals surface area contributed by atoms with Gasteiger partial charge in [0, 0.05) is 0 Å². The zero-order chi connectivity index (χ0) is 13.8. The highest BCUT2D eigenvalue weighted by Crippen LogP contribution is 2.44. The molecule has 0 saturated carbocycles. The molecule has 0 heterocycles. The number of hydrogen-bond donors (Lipinski definition) is 0. The Morgan fingerprint density at radius 3 is 2.39 bits per heavy atom. The van der Waals surface area contributed by atoms with E-state index in [0.29, 0.717) is 10.8 Å². The predicted octanol–water partition coefficient (Wildman–Crippen LogP) is 6.51. The lowest BCUT2D eigenvalue weighted by Gasteiger charge is -2.36. The Bertz CT molecular complexity index is 291. The van der Waals surface area contributed by atoms with Crippen LogP contribution in [0, 0.1) is 10.8 Å². The van der Waals surface area contributed by atoms with E-state index in [-0.39, 0.29) is 0 Å². The van der Waals surface area contributed by atoms with Gasteiger partial charge in [0.15, 0.2) is 0 Å². The van der Waals surface area contributed by atoms with Crippen LogP contribution in [0.3, 0.4) is 0 Å². The Kier molecular flexibility index (Phi) is 5.49. The highest BCUT2D eigenvalue weighted by Gasteiger charge is 2.29. The number of allylic oxidation sites excluding steroid dienone is 2. The molecule has 0 aromatic rings. The maximum absolute atomic E-state index is 2.45. The molecule has 1 rings (SSSR count). The van der Waals surface area contributed by atoms with Gasteiger partial charge in [-0.1, -0.05) is 58.6 Å². The lowest BCUT2D eigenvalue weighted by molar-refractivity contribution is 0.276. The van der Waals surface area contributed by atoms with Crippen LogP contribution < -0.4 is 0 Å². The standard InChI is InChI=1S/C18H34/c1-7-8-12-17(3,4)14-11-16-15(2)10-9-13-18(16,5)6/h7-14H2,1-6H3. The van der Waals surface area contributed by atoms with Crippen LogP contribution in [0.25, 0.3) is 0 Å². The summed E-state index contributed by atoms with van der Waals surface area (Å²) in [7, 11) is 0. The van der Waals surface area contributed by atoms with Crippen LogP contribution in [0.5, 0.6) is 0 Å². The normalized spacial score (nSPS) is 20.3. The first-order valence-electron chi connectivity index (χ1n) is 7.97. The quantitative estimate of drug-likeness (QED) is 0.471. The number of unbranched alkanes of at least 4 members (excludes halogenated alkanes) is 1. The van der Waals surface area contributed by atoms with Gasteiger partial charge in [0.25, 0.3) is 0 Å². The minimum atomic E-state index is 0.461. The first-order chi connectivity index (χ1) is 8.28. The molecule has 0 saturated heterocycles. The van der Waals surface area contributed by atoms with Crippen LogP contribution in [-0.4, -0.2) is 0 Å². The van der Waals surface area contributed by atoms with Crippen molar-refractivity contribution in [2.24, 2.45) is 10.8 Å². The van der Waals surface area contributed by atoms with Crippen molar-refractivity contribution >= 4 is 0 Å². The monoisotopic (exact) mass is 250 g/mol. The average Bonchev–Trinajstić information content (AvgIpc) is 2.25. The molecule has 0 aromatic heterocycles. The van der Waals surface area contributed by atoms with Gasteiger partial charge >= 0.3 is 0 Å². The van der Waals surface area contributed by atoms with Crippen LogP contribution in [0.2, 0.25) is 0 Å². The van der Waals surface area contributed by atoms with E-state index in [1.165, 1.54) is 51.4 Å². The van der Waals surface area contributed by atoms with Crippen LogP contribution >= 0.6 is 0 Å². The summed E-state index contributed by atoms with van der Waals surface area (Å²) in [6.45, 7) is 14.5. The fraction of sp³-hybridized carbons (Fsp3) is 0.889. The van der Waals surface area contributed by atoms with Crippen molar-refractivity contribution in [2.45, 2.75) is 92.9 Å². The maximum Gasteiger partial charge on any atom is -0.0142 e. The van der Waals surface area contributed by atoms with Gasteiger partial charge in [-0.05, 0) is 56.3 Å². The number of rotatable bonds is 6. The van der Waals surface area contributed by atoms with Crippen molar-refractivity contribution in [1.29, 1.82) is 0 Å². The maximum atomic E-state index is 2.45. The summed E-state index contributed by atoms with van der Waals surface area (Å²) in [4.78, 5) is 0. The fourth-order valence-electron chi connectivity index (χ4n) is 3.47. The summed E-state index contributed by atoms with van der Waals surface area (Å²) >= 11 is 0. The van der Waals surface area contributed by atoms with E-state index >= 15 is 0 Å². The highest BCUT2D eigenvalue weighted by atomic mass is 14.3. The van der Waals surface area contributed by atoms with Crippen LogP contribution in [0.4, 0.5) is 0 Å². The van der Waals surface area contributed by atoms with Crippen LogP contribution in [-0.2, 0) is 0 Å². The molecule has 0 unspecified atom stereocenters. The van der Waals surface area contributed by atoms with Crippen molar-refractivity contribution in [3.63, 3.8) is 0 Å². The van der Waals surface area contributed by atoms with Gasteiger partial charge in [-0.2, -0.15) is 0 Å². The Balaban J connectivity index is 2.61. The molecule has 0 N–H and O–H groups in total. The second kappa shape index (κ2) is 6.26. The van der Waals surface area contributed by atoms with Gasteiger partial charge in [-0.25, -0.2) is 0 Å². The minimum absolute atomic E-state index is 0.461. The third-order valence-electron chi connectivity index (χ3n) is 4.94. The van der Waals surface area contributed by atoms with E-state index in [1.807, 2.05) is 0 Å². The van der Waals surface area contributed by atoms with Crippen molar-refractivity contribution in [2.75, 3.05) is 0 Å². The molecular formula is C18H34. The van der Waals surface area contributed by atoms with E-state index in [0.717, 1.165) is 0 Å². The third-order valence-corrected chi connectivity index (χ3v) is 4.94. The Hall–Kier alpha value is -0.260. The smallest absolute Gasteiger partial charge is 0.0142 e. The molecule has 0 nitrogen and oxygen atoms in total. The summed E-state index contributed by atoms with van der Waals surface area (Å²) in [5, 5.41) is 0. The van der Waals surface area contributed by atoms with E-state index < -0.39 is 0 Å². The van der Waals surface area contributed by atoms with Crippen molar-refractivity contribution < 1.29 is 0 Å². The molecule has 0 heteroatoms. The largest absolute Gasteiger partial charge is 0.0736 e. The second-order valence-electron chi connectivity index (χ2n) is 7.76. The SMILES string of the molecule is CCCCC(C)(C)CCC1=C(C)CCCC1(C)C. The first-order valence-corrected chi connectivity index (χ1v) is 7.97. The molecular weight excluding hydrogens is 216 g/mol. The molecule has 106 valence electrons. The van der Waals surface area contributed by atoms with Crippen LogP contribution in [0.1, 0.15) is 92.9 Å². The van der Waals surface area contributed by atoms with E-state index in [2.05, 4.69) is 41.5 Å². The fourth-order valence-corrected chi connectivity index (χ4v) is 3.47. The molecule has 0 aliphatic heterocycles. The van der Waals surface area contributed by atoms with Crippen molar-refractivity contribution in [3.05, 3.63) is 11.1 Å². The first kappa shape index (κ1) is 15.8. The van der Waals surface area contributed by atoms with E-state index in [4.69, 9.17) is 0 Å². The highest BCUT2D eigenvalue weighted by molar-refractivity contribution is 5.22. The van der Waals surface area contributed by atoms with Crippen molar-refractivity contribution in [1.82, 2.24) is 0 Å². The Morgan fingerprint density at radius 1 is 1.17 bits per heavy atom. The molecule has 0 aromatic carbocycles. The van der Waals surface area contributed by atoms with Gasteiger partial charge in [0.2, 0.25) is 0 Å². The molecule has 1 aliphatic rings. The molecule has 1 aliphatic carbocycles. The molecule has 0 bridgehead atoms. The molecule has 0 radical (unpaired) electrons. The van der Waals surface area contributed by atoms with E-state index in [9.17, 15) is 0 Å². The van der Waals surface area contributed by atoms with Crippen molar-refractivity contribution in [3.8, 4) is 0 Å². The molecule has 0 atom stereocenters. The summed E-state index contributed by atoms with van der Waals surface area (Å²) in [6.07, 6.45) is 10.9. The summed E-state index contributed by atoms with van der Waals surface area (Å²) in [5.41, 5.74) is 4.45. The summed E-state index contributed by atoms with van der Waals surface area (Å²) in [5.74, 6) is 0. The molecule has 0 spiro atoms. The Labute approximate surface area is 115 Å². The molecule has 18 heavy (non-hydrogen) atoms. The number of hydrogen-bond acceptors (Lipinski definition) is 0. The molecule has 0 amide bonds. The van der Waals surface area contributed by atoms with Crippen LogP contribution in [0.15, 0.2) is 11.1 Å². The lowest BCUT2D eigenvalue weighted by Crippen LogP contribution is -2.22. The van der Waals surface area contributed by atoms with Gasteiger partial charge in [-0.3, -0.25) is 0 Å². The second-order valence-corrected chi connectivity index (χ2v) is 7.76. The van der Waals surface area contributed by atoms with Gasteiger partial charge in [-0.15, -0.1) is 0 Å². The summed E-state index contributed by atoms with van der Waals surface area (Å²) < 4.78 is 0. The predicted molar refractivity (Wildman–Crippen MR) is 82.9 cm³/mol. The zero-order valence-electron chi connectivity index (χ0n) is 13.7. The van der Waals surface area contributed by atoms with Gasteiger partial charge < -0.3 is 0 Å². The lowest BCUT2D eigenvalue weighted by atomic mass is 9.69. The topological polar surface area (TPSA) is 0 Å². The molecule has 0 fully saturated rings. The van der Waals surface area contributed by atoms with Gasteiger partial charge in [0.1, 0.15) is 0 Å². The third kappa shape index (κ3) is 4.44. The minimum Gasteiger partial charge on any atom is -0.0736 e. The van der Waals surface area contributed by atoms with E-state index in [1.54, 1.807) is 11.1 Å². The van der Waals surface area contributed by atoms with Gasteiger partial charge in [0.05, 0.1) is 0 Å². The summed E-state index contributed by atoms with van der Waals surface area (Å²) in [6, 6.07) is 0. The average molecular weight is 250 g/mol.